The zero-order valence-electron chi connectivity index (χ0n) is 12.7. The van der Waals surface area contributed by atoms with Crippen molar-refractivity contribution in [2.75, 3.05) is 18.0 Å². The lowest BCUT2D eigenvalue weighted by Crippen LogP contribution is -2.34. The number of rotatable bonds is 2. The molecule has 0 radical (unpaired) electrons. The average molecular weight is 294 g/mol. The summed E-state index contributed by atoms with van der Waals surface area (Å²) in [6.07, 6.45) is 2.36. The van der Waals surface area contributed by atoms with Crippen LogP contribution in [-0.2, 0) is 0 Å². The van der Waals surface area contributed by atoms with Crippen molar-refractivity contribution < 1.29 is 4.39 Å². The summed E-state index contributed by atoms with van der Waals surface area (Å²) < 4.78 is 14.0. The molecule has 1 fully saturated rings. The average Bonchev–Trinajstić information content (AvgIpc) is 2.55. The van der Waals surface area contributed by atoms with Crippen LogP contribution in [0.5, 0.6) is 0 Å². The van der Waals surface area contributed by atoms with Crippen molar-refractivity contribution in [3.8, 4) is 17.2 Å². The first-order valence-electron chi connectivity index (χ1n) is 7.73. The molecule has 2 nitrogen and oxygen atoms in total. The summed E-state index contributed by atoms with van der Waals surface area (Å²) in [4.78, 5) is 2.26. The van der Waals surface area contributed by atoms with Gasteiger partial charge in [0.05, 0.1) is 11.3 Å². The number of halogens is 1. The Balaban J connectivity index is 2.04. The maximum atomic E-state index is 14.0. The number of hydrogen-bond acceptors (Lipinski definition) is 2. The lowest BCUT2D eigenvalue weighted by Gasteiger charge is -2.33. The molecular formula is C19H19FN2. The van der Waals surface area contributed by atoms with Crippen molar-refractivity contribution in [3.63, 3.8) is 0 Å². The summed E-state index contributed by atoms with van der Waals surface area (Å²) in [6, 6.07) is 14.6. The molecule has 0 amide bonds. The van der Waals surface area contributed by atoms with Crippen LogP contribution in [0.4, 0.5) is 10.1 Å². The molecule has 3 heteroatoms. The van der Waals surface area contributed by atoms with Crippen LogP contribution in [0.25, 0.3) is 11.1 Å². The maximum Gasteiger partial charge on any atom is 0.131 e. The van der Waals surface area contributed by atoms with Crippen molar-refractivity contribution in [1.82, 2.24) is 0 Å². The minimum absolute atomic E-state index is 0.231. The van der Waals surface area contributed by atoms with Crippen molar-refractivity contribution in [2.24, 2.45) is 5.92 Å². The Bertz CT molecular complexity index is 718. The summed E-state index contributed by atoms with van der Waals surface area (Å²) in [5.41, 5.74) is 2.99. The second-order valence-corrected chi connectivity index (χ2v) is 6.02. The SMILES string of the molecule is CC1CCCN(c2cc(-c3ccccc3F)ccc2C#N)C1. The zero-order chi connectivity index (χ0) is 15.5. The number of nitrogens with zero attached hydrogens (tertiary/aromatic N) is 2. The van der Waals surface area contributed by atoms with Crippen molar-refractivity contribution >= 4 is 5.69 Å². The predicted octanol–water partition coefficient (Wildman–Crippen LogP) is 4.60. The highest BCUT2D eigenvalue weighted by Crippen LogP contribution is 2.31. The van der Waals surface area contributed by atoms with Crippen LogP contribution in [0.3, 0.4) is 0 Å². The molecule has 3 rings (SSSR count). The van der Waals surface area contributed by atoms with Crippen LogP contribution in [0.1, 0.15) is 25.3 Å². The molecule has 112 valence electrons. The van der Waals surface area contributed by atoms with Gasteiger partial charge in [-0.05, 0) is 42.5 Å². The molecular weight excluding hydrogens is 275 g/mol. The van der Waals surface area contributed by atoms with Crippen molar-refractivity contribution in [2.45, 2.75) is 19.8 Å². The molecule has 0 saturated carbocycles. The van der Waals surface area contributed by atoms with Gasteiger partial charge in [-0.15, -0.1) is 0 Å². The summed E-state index contributed by atoms with van der Waals surface area (Å²) >= 11 is 0. The molecule has 0 N–H and O–H groups in total. The lowest BCUT2D eigenvalue weighted by molar-refractivity contribution is 0.446. The predicted molar refractivity (Wildman–Crippen MR) is 87.2 cm³/mol. The van der Waals surface area contributed by atoms with E-state index in [4.69, 9.17) is 0 Å². The van der Waals surface area contributed by atoms with Crippen molar-refractivity contribution in [1.29, 1.82) is 5.26 Å². The Hall–Kier alpha value is -2.34. The molecule has 1 saturated heterocycles. The van der Waals surface area contributed by atoms with Crippen LogP contribution < -0.4 is 4.90 Å². The minimum atomic E-state index is -0.231. The minimum Gasteiger partial charge on any atom is -0.370 e. The summed E-state index contributed by atoms with van der Waals surface area (Å²) in [5, 5.41) is 9.38. The zero-order valence-corrected chi connectivity index (χ0v) is 12.7. The van der Waals surface area contributed by atoms with E-state index in [2.05, 4.69) is 17.9 Å². The van der Waals surface area contributed by atoms with Gasteiger partial charge in [0.25, 0.3) is 0 Å². The van der Waals surface area contributed by atoms with E-state index in [-0.39, 0.29) is 5.82 Å². The molecule has 22 heavy (non-hydrogen) atoms. The van der Waals surface area contributed by atoms with Crippen LogP contribution in [0.15, 0.2) is 42.5 Å². The molecule has 0 spiro atoms. The van der Waals surface area contributed by atoms with E-state index in [1.165, 1.54) is 12.5 Å². The quantitative estimate of drug-likeness (QED) is 0.809. The summed E-state index contributed by atoms with van der Waals surface area (Å²) in [7, 11) is 0. The number of anilines is 1. The van der Waals surface area contributed by atoms with E-state index in [1.807, 2.05) is 18.2 Å². The molecule has 0 bridgehead atoms. The van der Waals surface area contributed by atoms with E-state index in [0.717, 1.165) is 30.8 Å². The fourth-order valence-electron chi connectivity index (χ4n) is 3.16. The summed E-state index contributed by atoms with van der Waals surface area (Å²) in [6.45, 7) is 4.15. The molecule has 2 aromatic carbocycles. The third-order valence-electron chi connectivity index (χ3n) is 4.30. The highest BCUT2D eigenvalue weighted by molar-refractivity contribution is 5.73. The van der Waals surface area contributed by atoms with Gasteiger partial charge >= 0.3 is 0 Å². The molecule has 1 aliphatic heterocycles. The van der Waals surface area contributed by atoms with Crippen molar-refractivity contribution in [3.05, 3.63) is 53.8 Å². The second kappa shape index (κ2) is 6.19. The van der Waals surface area contributed by atoms with Crippen LogP contribution in [0.2, 0.25) is 0 Å². The maximum absolute atomic E-state index is 14.0. The first kappa shape index (κ1) is 14.6. The smallest absolute Gasteiger partial charge is 0.131 e. The second-order valence-electron chi connectivity index (χ2n) is 6.02. The van der Waals surface area contributed by atoms with Gasteiger partial charge in [-0.1, -0.05) is 31.2 Å². The van der Waals surface area contributed by atoms with Gasteiger partial charge in [-0.3, -0.25) is 0 Å². The van der Waals surface area contributed by atoms with E-state index < -0.39 is 0 Å². The first-order valence-corrected chi connectivity index (χ1v) is 7.73. The highest BCUT2D eigenvalue weighted by atomic mass is 19.1. The Labute approximate surface area is 130 Å². The Morgan fingerprint density at radius 3 is 2.77 bits per heavy atom. The number of benzene rings is 2. The standard InChI is InChI=1S/C19H19FN2/c1-14-5-4-10-22(13-14)19-11-15(8-9-16(19)12-21)17-6-2-3-7-18(17)20/h2-3,6-9,11,14H,4-5,10,13H2,1H3. The topological polar surface area (TPSA) is 27.0 Å². The van der Waals surface area contributed by atoms with Gasteiger partial charge in [0.2, 0.25) is 0 Å². The van der Waals surface area contributed by atoms with Crippen LogP contribution in [-0.4, -0.2) is 13.1 Å². The monoisotopic (exact) mass is 294 g/mol. The molecule has 2 aromatic rings. The lowest BCUT2D eigenvalue weighted by atomic mass is 9.97. The summed E-state index contributed by atoms with van der Waals surface area (Å²) in [5.74, 6) is 0.391. The van der Waals surface area contributed by atoms with E-state index in [1.54, 1.807) is 18.2 Å². The number of piperidine rings is 1. The van der Waals surface area contributed by atoms with E-state index >= 15 is 0 Å². The van der Waals surface area contributed by atoms with Gasteiger partial charge in [0, 0.05) is 18.7 Å². The highest BCUT2D eigenvalue weighted by Gasteiger charge is 2.20. The van der Waals surface area contributed by atoms with E-state index in [0.29, 0.717) is 17.0 Å². The molecule has 1 aliphatic rings. The molecule has 1 unspecified atom stereocenters. The molecule has 0 aromatic heterocycles. The Morgan fingerprint density at radius 2 is 2.05 bits per heavy atom. The largest absolute Gasteiger partial charge is 0.370 e. The van der Waals surface area contributed by atoms with Crippen LogP contribution >= 0.6 is 0 Å². The fraction of sp³-hybridized carbons (Fsp3) is 0.316. The van der Waals surface area contributed by atoms with E-state index in [9.17, 15) is 9.65 Å². The normalized spacial score (nSPS) is 18.0. The molecule has 1 atom stereocenters. The number of hydrogen-bond donors (Lipinski definition) is 0. The first-order chi connectivity index (χ1) is 10.7. The van der Waals surface area contributed by atoms with Crippen LogP contribution in [0, 0.1) is 23.1 Å². The van der Waals surface area contributed by atoms with Gasteiger partial charge < -0.3 is 4.90 Å². The third-order valence-corrected chi connectivity index (χ3v) is 4.30. The van der Waals surface area contributed by atoms with Gasteiger partial charge in [-0.25, -0.2) is 4.39 Å². The van der Waals surface area contributed by atoms with Gasteiger partial charge in [0.1, 0.15) is 11.9 Å². The third kappa shape index (κ3) is 2.82. The van der Waals surface area contributed by atoms with Gasteiger partial charge in [-0.2, -0.15) is 5.26 Å². The van der Waals surface area contributed by atoms with Gasteiger partial charge in [0.15, 0.2) is 0 Å². The Morgan fingerprint density at radius 1 is 1.23 bits per heavy atom. The molecule has 1 heterocycles. The number of nitriles is 1. The molecule has 0 aliphatic carbocycles. The Kier molecular flexibility index (Phi) is 4.11. The fourth-order valence-corrected chi connectivity index (χ4v) is 3.16.